The van der Waals surface area contributed by atoms with E-state index >= 15 is 0 Å². The Morgan fingerprint density at radius 3 is 2.46 bits per heavy atom. The van der Waals surface area contributed by atoms with Crippen LogP contribution in [-0.2, 0) is 4.79 Å². The Hall–Kier alpha value is -2.57. The zero-order valence-electron chi connectivity index (χ0n) is 14.6. The minimum Gasteiger partial charge on any atom is -0.480 e. The van der Waals surface area contributed by atoms with E-state index in [-0.39, 0.29) is 5.92 Å². The molecule has 0 bridgehead atoms. The zero-order chi connectivity index (χ0) is 18.0. The van der Waals surface area contributed by atoms with Gasteiger partial charge in [-0.05, 0) is 39.2 Å². The Labute approximate surface area is 140 Å². The van der Waals surface area contributed by atoms with Crippen LogP contribution >= 0.6 is 0 Å². The van der Waals surface area contributed by atoms with Gasteiger partial charge in [0.15, 0.2) is 5.82 Å². The summed E-state index contributed by atoms with van der Waals surface area (Å²) in [5, 5.41) is 15.9. The number of amides is 1. The molecule has 0 aliphatic heterocycles. The van der Waals surface area contributed by atoms with Crippen molar-refractivity contribution in [1.29, 1.82) is 0 Å². The molecule has 0 aromatic carbocycles. The van der Waals surface area contributed by atoms with Gasteiger partial charge < -0.3 is 14.9 Å². The van der Waals surface area contributed by atoms with Gasteiger partial charge >= 0.3 is 5.97 Å². The second-order valence-corrected chi connectivity index (χ2v) is 6.41. The number of carboxylic acid groups (broad SMARTS) is 1. The lowest BCUT2D eigenvalue weighted by atomic mass is 10.0. The second kappa shape index (κ2) is 6.90. The maximum absolute atomic E-state index is 12.5. The molecule has 1 amide bonds. The number of hydrogen-bond donors (Lipinski definition) is 2. The molecule has 1 atom stereocenters. The van der Waals surface area contributed by atoms with Crippen LogP contribution in [0.2, 0.25) is 0 Å². The van der Waals surface area contributed by atoms with E-state index in [4.69, 9.17) is 4.52 Å². The topological polar surface area (TPSA) is 97.4 Å². The summed E-state index contributed by atoms with van der Waals surface area (Å²) in [6.07, 6.45) is 0.377. The summed E-state index contributed by atoms with van der Waals surface area (Å²) in [6, 6.07) is 2.60. The third-order valence-corrected chi connectivity index (χ3v) is 3.83. The molecule has 2 N–H and O–H groups in total. The number of carboxylic acids is 1. The van der Waals surface area contributed by atoms with Gasteiger partial charge in [-0.15, -0.1) is 0 Å². The smallest absolute Gasteiger partial charge is 0.326 e. The highest BCUT2D eigenvalue weighted by atomic mass is 16.5. The minimum atomic E-state index is -1.03. The minimum absolute atomic E-state index is 0.164. The van der Waals surface area contributed by atoms with Crippen LogP contribution in [0.3, 0.4) is 0 Å². The van der Waals surface area contributed by atoms with Crippen LogP contribution in [0.15, 0.2) is 16.7 Å². The molecule has 2 heterocycles. The number of carbonyl (C=O) groups excluding carboxylic acids is 1. The molecule has 0 radical (unpaired) electrons. The molecule has 130 valence electrons. The molecule has 0 aliphatic carbocycles. The average molecular weight is 333 g/mol. The van der Waals surface area contributed by atoms with Crippen LogP contribution in [0.1, 0.15) is 47.8 Å². The Morgan fingerprint density at radius 2 is 1.96 bits per heavy atom. The molecule has 24 heavy (non-hydrogen) atoms. The lowest BCUT2D eigenvalue weighted by Gasteiger charge is -2.16. The van der Waals surface area contributed by atoms with Gasteiger partial charge in [0.25, 0.3) is 5.91 Å². The van der Waals surface area contributed by atoms with Gasteiger partial charge in [-0.1, -0.05) is 19.0 Å². The Bertz CT molecular complexity index is 758. The number of hydrogen-bond acceptors (Lipinski definition) is 4. The first-order chi connectivity index (χ1) is 11.2. The van der Waals surface area contributed by atoms with Crippen LogP contribution in [0, 0.1) is 26.7 Å². The van der Waals surface area contributed by atoms with E-state index in [0.717, 1.165) is 5.69 Å². The van der Waals surface area contributed by atoms with Gasteiger partial charge in [0.2, 0.25) is 0 Å². The molecule has 1 unspecified atom stereocenters. The summed E-state index contributed by atoms with van der Waals surface area (Å²) in [5.41, 5.74) is 1.94. The van der Waals surface area contributed by atoms with Crippen LogP contribution in [0.5, 0.6) is 0 Å². The Balaban J connectivity index is 2.29. The van der Waals surface area contributed by atoms with Gasteiger partial charge in [0.05, 0.1) is 5.56 Å². The number of aliphatic carboxylic acids is 1. The predicted molar refractivity (Wildman–Crippen MR) is 88.4 cm³/mol. The van der Waals surface area contributed by atoms with Gasteiger partial charge in [-0.3, -0.25) is 9.36 Å². The number of aromatic nitrogens is 2. The van der Waals surface area contributed by atoms with E-state index in [0.29, 0.717) is 29.3 Å². The highest BCUT2D eigenvalue weighted by Gasteiger charge is 2.24. The van der Waals surface area contributed by atoms with Crippen molar-refractivity contribution in [2.45, 2.75) is 47.1 Å². The molecular weight excluding hydrogens is 310 g/mol. The van der Waals surface area contributed by atoms with Crippen molar-refractivity contribution < 1.29 is 19.2 Å². The first-order valence-electron chi connectivity index (χ1n) is 7.87. The predicted octanol–water partition coefficient (Wildman–Crippen LogP) is 2.62. The molecule has 7 heteroatoms. The number of nitrogens with zero attached hydrogens (tertiary/aromatic N) is 2. The molecule has 0 saturated carbocycles. The zero-order valence-corrected chi connectivity index (χ0v) is 14.6. The number of carbonyl (C=O) groups is 2. The van der Waals surface area contributed by atoms with Crippen LogP contribution in [0.4, 0.5) is 0 Å². The van der Waals surface area contributed by atoms with Crippen molar-refractivity contribution in [2.24, 2.45) is 5.92 Å². The van der Waals surface area contributed by atoms with Crippen molar-refractivity contribution in [2.75, 3.05) is 0 Å². The Kier molecular flexibility index (Phi) is 5.11. The summed E-state index contributed by atoms with van der Waals surface area (Å²) in [6.45, 7) is 9.28. The van der Waals surface area contributed by atoms with E-state index in [1.807, 2.05) is 25.3 Å². The fourth-order valence-corrected chi connectivity index (χ4v) is 2.73. The van der Waals surface area contributed by atoms with Crippen molar-refractivity contribution >= 4 is 11.9 Å². The van der Waals surface area contributed by atoms with Crippen LogP contribution in [-0.4, -0.2) is 32.7 Å². The van der Waals surface area contributed by atoms with Gasteiger partial charge in [-0.2, -0.15) is 0 Å². The molecule has 2 aromatic heterocycles. The number of nitrogens with one attached hydrogen (secondary N) is 1. The van der Waals surface area contributed by atoms with Crippen LogP contribution < -0.4 is 5.32 Å². The summed E-state index contributed by atoms with van der Waals surface area (Å²) in [7, 11) is 0. The summed E-state index contributed by atoms with van der Waals surface area (Å²) in [4.78, 5) is 23.9. The Morgan fingerprint density at radius 1 is 1.29 bits per heavy atom. The fraction of sp³-hybridized carbons (Fsp3) is 0.471. The summed E-state index contributed by atoms with van der Waals surface area (Å²) >= 11 is 0. The normalized spacial score (nSPS) is 12.4. The molecule has 2 rings (SSSR count). The molecule has 0 saturated heterocycles. The fourth-order valence-electron chi connectivity index (χ4n) is 2.73. The van der Waals surface area contributed by atoms with Crippen LogP contribution in [0.25, 0.3) is 5.82 Å². The average Bonchev–Trinajstić information content (AvgIpc) is 3.01. The maximum Gasteiger partial charge on any atom is 0.326 e. The van der Waals surface area contributed by atoms with Gasteiger partial charge in [0, 0.05) is 17.5 Å². The van der Waals surface area contributed by atoms with E-state index in [2.05, 4.69) is 10.5 Å². The largest absolute Gasteiger partial charge is 0.480 e. The van der Waals surface area contributed by atoms with Crippen molar-refractivity contribution in [1.82, 2.24) is 15.0 Å². The second-order valence-electron chi connectivity index (χ2n) is 6.41. The lowest BCUT2D eigenvalue weighted by Crippen LogP contribution is -2.41. The molecule has 0 spiro atoms. The van der Waals surface area contributed by atoms with Crippen molar-refractivity contribution in [3.05, 3.63) is 34.8 Å². The molecular formula is C17H23N3O4. The summed E-state index contributed by atoms with van der Waals surface area (Å²) < 4.78 is 6.90. The standard InChI is InChI=1S/C17H23N3O4/c1-9(2)6-14(17(22)23)18-16(21)13-7-10(3)20(12(13)5)15-8-11(4)24-19-15/h7-9,14H,6H2,1-5H3,(H,18,21)(H,22,23). The first kappa shape index (κ1) is 17.8. The molecule has 0 aliphatic rings. The highest BCUT2D eigenvalue weighted by molar-refractivity contribution is 5.98. The highest BCUT2D eigenvalue weighted by Crippen LogP contribution is 2.21. The molecule has 0 fully saturated rings. The number of rotatable bonds is 6. The van der Waals surface area contributed by atoms with Gasteiger partial charge in [-0.25, -0.2) is 4.79 Å². The lowest BCUT2D eigenvalue weighted by molar-refractivity contribution is -0.139. The molecule has 2 aromatic rings. The number of aryl methyl sites for hydroxylation is 2. The maximum atomic E-state index is 12.5. The third kappa shape index (κ3) is 3.67. The first-order valence-corrected chi connectivity index (χ1v) is 7.87. The van der Waals surface area contributed by atoms with E-state index in [1.54, 1.807) is 26.0 Å². The summed E-state index contributed by atoms with van der Waals surface area (Å²) in [5.74, 6) is 0.00225. The van der Waals surface area contributed by atoms with E-state index in [9.17, 15) is 14.7 Å². The monoisotopic (exact) mass is 333 g/mol. The van der Waals surface area contributed by atoms with E-state index in [1.165, 1.54) is 0 Å². The quantitative estimate of drug-likeness (QED) is 0.847. The SMILES string of the molecule is Cc1cc(-n2c(C)cc(C(=O)NC(CC(C)C)C(=O)O)c2C)no1. The van der Waals surface area contributed by atoms with E-state index < -0.39 is 17.9 Å². The third-order valence-electron chi connectivity index (χ3n) is 3.83. The van der Waals surface area contributed by atoms with Crippen molar-refractivity contribution in [3.63, 3.8) is 0 Å². The van der Waals surface area contributed by atoms with Gasteiger partial charge in [0.1, 0.15) is 11.8 Å². The molecule has 7 nitrogen and oxygen atoms in total. The van der Waals surface area contributed by atoms with Crippen molar-refractivity contribution in [3.8, 4) is 5.82 Å².